The number of anilines is 1. The molecule has 16 heavy (non-hydrogen) atoms. The molecule has 2 rings (SSSR count). The molecule has 0 aliphatic carbocycles. The summed E-state index contributed by atoms with van der Waals surface area (Å²) in [5.74, 6) is 1.59. The van der Waals surface area contributed by atoms with Crippen molar-refractivity contribution < 1.29 is 4.74 Å². The third kappa shape index (κ3) is 2.70. The molecule has 0 saturated heterocycles. The van der Waals surface area contributed by atoms with E-state index in [4.69, 9.17) is 4.74 Å². The predicted molar refractivity (Wildman–Crippen MR) is 65.0 cm³/mol. The number of thiazole rings is 1. The summed E-state index contributed by atoms with van der Waals surface area (Å²) in [5.41, 5.74) is 1.03. The highest BCUT2D eigenvalue weighted by molar-refractivity contribution is 7.09. The predicted octanol–water partition coefficient (Wildman–Crippen LogP) is 2.47. The van der Waals surface area contributed by atoms with Crippen LogP contribution in [0, 0.1) is 6.92 Å². The molecule has 2 aromatic heterocycles. The topological polar surface area (TPSA) is 47.0 Å². The first-order valence-electron chi connectivity index (χ1n) is 4.93. The average Bonchev–Trinajstić information content (AvgIpc) is 2.73. The summed E-state index contributed by atoms with van der Waals surface area (Å²) in [7, 11) is 1.64. The van der Waals surface area contributed by atoms with E-state index in [-0.39, 0.29) is 0 Å². The Morgan fingerprint density at radius 2 is 2.38 bits per heavy atom. The number of aryl methyl sites for hydroxylation is 1. The molecule has 1 N–H and O–H groups in total. The summed E-state index contributed by atoms with van der Waals surface area (Å²) in [5, 5.41) is 6.33. The second-order valence-corrected chi connectivity index (χ2v) is 4.35. The lowest BCUT2D eigenvalue weighted by Gasteiger charge is -2.05. The largest absolute Gasteiger partial charge is 0.497 e. The first kappa shape index (κ1) is 10.9. The van der Waals surface area contributed by atoms with Crippen LogP contribution < -0.4 is 10.1 Å². The molecule has 0 aromatic carbocycles. The van der Waals surface area contributed by atoms with Crippen LogP contribution in [-0.2, 0) is 6.54 Å². The molecule has 4 nitrogen and oxygen atoms in total. The van der Waals surface area contributed by atoms with E-state index in [9.17, 15) is 0 Å². The molecule has 0 saturated carbocycles. The maximum atomic E-state index is 5.12. The Morgan fingerprint density at radius 1 is 1.50 bits per heavy atom. The summed E-state index contributed by atoms with van der Waals surface area (Å²) in [6, 6.07) is 3.68. The van der Waals surface area contributed by atoms with Crippen molar-refractivity contribution in [3.05, 3.63) is 34.4 Å². The molecule has 5 heteroatoms. The lowest BCUT2D eigenvalue weighted by atomic mass is 10.4. The van der Waals surface area contributed by atoms with Crippen LogP contribution in [0.15, 0.2) is 23.7 Å². The van der Waals surface area contributed by atoms with Gasteiger partial charge in [0.25, 0.3) is 0 Å². The van der Waals surface area contributed by atoms with Crippen molar-refractivity contribution in [1.82, 2.24) is 9.97 Å². The van der Waals surface area contributed by atoms with Crippen molar-refractivity contribution in [3.63, 3.8) is 0 Å². The number of pyridine rings is 1. The fraction of sp³-hybridized carbons (Fsp3) is 0.273. The molecule has 0 fully saturated rings. The van der Waals surface area contributed by atoms with E-state index in [1.807, 2.05) is 24.4 Å². The minimum atomic E-state index is 0.685. The van der Waals surface area contributed by atoms with Crippen molar-refractivity contribution in [2.45, 2.75) is 13.5 Å². The van der Waals surface area contributed by atoms with Crippen LogP contribution in [0.1, 0.15) is 10.7 Å². The molecule has 0 spiro atoms. The van der Waals surface area contributed by atoms with Crippen molar-refractivity contribution in [1.29, 1.82) is 0 Å². The van der Waals surface area contributed by atoms with Gasteiger partial charge in [0.2, 0.25) is 0 Å². The van der Waals surface area contributed by atoms with Gasteiger partial charge < -0.3 is 10.1 Å². The second kappa shape index (κ2) is 4.94. The molecule has 0 aliphatic heterocycles. The zero-order valence-electron chi connectivity index (χ0n) is 9.23. The van der Waals surface area contributed by atoms with Crippen LogP contribution in [0.25, 0.3) is 0 Å². The first-order chi connectivity index (χ1) is 7.78. The molecule has 2 heterocycles. The Kier molecular flexibility index (Phi) is 3.36. The number of nitrogens with zero attached hydrogens (tertiary/aromatic N) is 2. The van der Waals surface area contributed by atoms with Gasteiger partial charge in [-0.25, -0.2) is 9.97 Å². The number of ether oxygens (including phenoxy) is 1. The molecule has 0 amide bonds. The summed E-state index contributed by atoms with van der Waals surface area (Å²) in [4.78, 5) is 8.56. The highest BCUT2D eigenvalue weighted by atomic mass is 32.1. The summed E-state index contributed by atoms with van der Waals surface area (Å²) >= 11 is 1.65. The summed E-state index contributed by atoms with van der Waals surface area (Å²) < 4.78 is 5.12. The molecule has 0 atom stereocenters. The minimum absolute atomic E-state index is 0.685. The van der Waals surface area contributed by atoms with Gasteiger partial charge in [0.1, 0.15) is 11.6 Å². The van der Waals surface area contributed by atoms with E-state index in [1.54, 1.807) is 24.6 Å². The highest BCUT2D eigenvalue weighted by Crippen LogP contribution is 2.15. The Bertz CT molecular complexity index is 470. The number of nitrogens with one attached hydrogen (secondary N) is 1. The van der Waals surface area contributed by atoms with E-state index in [2.05, 4.69) is 15.3 Å². The number of aromatic nitrogens is 2. The smallest absolute Gasteiger partial charge is 0.129 e. The van der Waals surface area contributed by atoms with Gasteiger partial charge in [0, 0.05) is 17.6 Å². The molecule has 2 aromatic rings. The van der Waals surface area contributed by atoms with Gasteiger partial charge in [-0.1, -0.05) is 0 Å². The van der Waals surface area contributed by atoms with E-state index < -0.39 is 0 Å². The second-order valence-electron chi connectivity index (χ2n) is 3.29. The Balaban J connectivity index is 1.99. The Hall–Kier alpha value is -1.62. The zero-order chi connectivity index (χ0) is 11.4. The van der Waals surface area contributed by atoms with Gasteiger partial charge >= 0.3 is 0 Å². The van der Waals surface area contributed by atoms with Crippen molar-refractivity contribution >= 4 is 17.2 Å². The summed E-state index contributed by atoms with van der Waals surface area (Å²) in [6.45, 7) is 2.68. The zero-order valence-corrected chi connectivity index (χ0v) is 10.0. The lowest BCUT2D eigenvalue weighted by molar-refractivity contribution is 0.414. The lowest BCUT2D eigenvalue weighted by Crippen LogP contribution is -2.01. The third-order valence-corrected chi connectivity index (χ3v) is 2.91. The average molecular weight is 235 g/mol. The molecular formula is C11H13N3OS. The van der Waals surface area contributed by atoms with Gasteiger partial charge in [-0.2, -0.15) is 0 Å². The van der Waals surface area contributed by atoms with E-state index >= 15 is 0 Å². The highest BCUT2D eigenvalue weighted by Gasteiger charge is 2.00. The van der Waals surface area contributed by atoms with E-state index in [0.717, 1.165) is 22.3 Å². The molecule has 0 aliphatic rings. The van der Waals surface area contributed by atoms with Gasteiger partial charge in [-0.15, -0.1) is 11.3 Å². The third-order valence-electron chi connectivity index (χ3n) is 2.08. The van der Waals surface area contributed by atoms with Crippen LogP contribution in [-0.4, -0.2) is 17.1 Å². The fourth-order valence-corrected chi connectivity index (χ4v) is 1.92. The van der Waals surface area contributed by atoms with E-state index in [1.165, 1.54) is 0 Å². The van der Waals surface area contributed by atoms with Crippen LogP contribution in [0.2, 0.25) is 0 Å². The van der Waals surface area contributed by atoms with Gasteiger partial charge in [0.15, 0.2) is 0 Å². The molecular weight excluding hydrogens is 222 g/mol. The van der Waals surface area contributed by atoms with Crippen molar-refractivity contribution in [3.8, 4) is 5.75 Å². The van der Waals surface area contributed by atoms with Crippen LogP contribution >= 0.6 is 11.3 Å². The number of hydrogen-bond donors (Lipinski definition) is 1. The quantitative estimate of drug-likeness (QED) is 0.884. The van der Waals surface area contributed by atoms with Gasteiger partial charge in [-0.05, 0) is 13.0 Å². The molecule has 0 bridgehead atoms. The Labute approximate surface area is 98.3 Å². The van der Waals surface area contributed by atoms with Gasteiger partial charge in [0.05, 0.1) is 24.4 Å². The van der Waals surface area contributed by atoms with Crippen molar-refractivity contribution in [2.75, 3.05) is 12.4 Å². The maximum absolute atomic E-state index is 5.12. The normalized spacial score (nSPS) is 10.1. The molecule has 0 radical (unpaired) electrons. The molecule has 84 valence electrons. The maximum Gasteiger partial charge on any atom is 0.129 e. The van der Waals surface area contributed by atoms with Crippen LogP contribution in [0.5, 0.6) is 5.75 Å². The van der Waals surface area contributed by atoms with Crippen LogP contribution in [0.4, 0.5) is 5.82 Å². The fourth-order valence-electron chi connectivity index (χ4n) is 1.31. The van der Waals surface area contributed by atoms with Gasteiger partial charge in [-0.3, -0.25) is 0 Å². The summed E-state index contributed by atoms with van der Waals surface area (Å²) in [6.07, 6.45) is 1.72. The number of hydrogen-bond acceptors (Lipinski definition) is 5. The minimum Gasteiger partial charge on any atom is -0.497 e. The monoisotopic (exact) mass is 235 g/mol. The van der Waals surface area contributed by atoms with Crippen molar-refractivity contribution in [2.24, 2.45) is 0 Å². The van der Waals surface area contributed by atoms with E-state index in [0.29, 0.717) is 6.54 Å². The number of rotatable bonds is 4. The van der Waals surface area contributed by atoms with Crippen LogP contribution in [0.3, 0.4) is 0 Å². The Morgan fingerprint density at radius 3 is 3.06 bits per heavy atom. The first-order valence-corrected chi connectivity index (χ1v) is 5.81. The number of methoxy groups -OCH3 is 1. The standard InChI is InChI=1S/C11H13N3OS/c1-8-14-9(7-16-8)6-13-11-5-10(15-2)3-4-12-11/h3-5,7H,6H2,1-2H3,(H,12,13). The molecule has 0 unspecified atom stereocenters. The SMILES string of the molecule is COc1ccnc(NCc2csc(C)n2)c1.